The number of hydrogen-bond donors (Lipinski definition) is 1. The highest BCUT2D eigenvalue weighted by molar-refractivity contribution is 9.10. The van der Waals surface area contributed by atoms with Gasteiger partial charge in [-0.05, 0) is 43.5 Å². The maximum atomic E-state index is 3.67. The van der Waals surface area contributed by atoms with Crippen molar-refractivity contribution < 1.29 is 0 Å². The Balaban J connectivity index is 1.97. The van der Waals surface area contributed by atoms with Crippen LogP contribution in [-0.4, -0.2) is 31.6 Å². The zero-order chi connectivity index (χ0) is 15.1. The SMILES string of the molecule is CCNCC1(CN(C)Cc2ccccc2Br)CCCCC1. The van der Waals surface area contributed by atoms with Crippen molar-refractivity contribution in [1.82, 2.24) is 10.2 Å². The van der Waals surface area contributed by atoms with Crippen LogP contribution in [0, 0.1) is 5.41 Å². The molecule has 0 radical (unpaired) electrons. The zero-order valence-corrected chi connectivity index (χ0v) is 15.1. The molecule has 0 unspecified atom stereocenters. The predicted octanol–water partition coefficient (Wildman–Crippen LogP) is 4.44. The van der Waals surface area contributed by atoms with Crippen molar-refractivity contribution >= 4 is 15.9 Å². The van der Waals surface area contributed by atoms with Crippen LogP contribution in [0.15, 0.2) is 28.7 Å². The average Bonchev–Trinajstić information content (AvgIpc) is 2.48. The summed E-state index contributed by atoms with van der Waals surface area (Å²) in [5.74, 6) is 0. The molecule has 0 atom stereocenters. The molecule has 3 heteroatoms. The van der Waals surface area contributed by atoms with Crippen molar-refractivity contribution in [3.63, 3.8) is 0 Å². The second-order valence-electron chi connectivity index (χ2n) is 6.60. The molecule has 1 aliphatic rings. The highest BCUT2D eigenvalue weighted by atomic mass is 79.9. The van der Waals surface area contributed by atoms with Gasteiger partial charge in [0, 0.05) is 24.1 Å². The Morgan fingerprint density at radius 2 is 1.90 bits per heavy atom. The zero-order valence-electron chi connectivity index (χ0n) is 13.5. The molecule has 2 rings (SSSR count). The normalized spacial score (nSPS) is 18.1. The molecular weight excluding hydrogens is 324 g/mol. The van der Waals surface area contributed by atoms with Crippen LogP contribution in [0.5, 0.6) is 0 Å². The van der Waals surface area contributed by atoms with Gasteiger partial charge in [0.2, 0.25) is 0 Å². The molecule has 1 aliphatic carbocycles. The van der Waals surface area contributed by atoms with Gasteiger partial charge in [-0.25, -0.2) is 0 Å². The van der Waals surface area contributed by atoms with E-state index in [1.54, 1.807) is 0 Å². The van der Waals surface area contributed by atoms with E-state index in [0.29, 0.717) is 5.41 Å². The van der Waals surface area contributed by atoms with E-state index in [0.717, 1.165) is 13.1 Å². The maximum Gasteiger partial charge on any atom is 0.0242 e. The molecule has 1 aromatic rings. The van der Waals surface area contributed by atoms with Crippen molar-refractivity contribution in [1.29, 1.82) is 0 Å². The Morgan fingerprint density at radius 1 is 1.19 bits per heavy atom. The van der Waals surface area contributed by atoms with Gasteiger partial charge in [0.25, 0.3) is 0 Å². The lowest BCUT2D eigenvalue weighted by molar-refractivity contribution is 0.114. The van der Waals surface area contributed by atoms with Gasteiger partial charge in [0.05, 0.1) is 0 Å². The minimum absolute atomic E-state index is 0.476. The second kappa shape index (κ2) is 8.30. The first-order valence-electron chi connectivity index (χ1n) is 8.28. The van der Waals surface area contributed by atoms with E-state index < -0.39 is 0 Å². The van der Waals surface area contributed by atoms with Gasteiger partial charge in [0.1, 0.15) is 0 Å². The summed E-state index contributed by atoms with van der Waals surface area (Å²) < 4.78 is 1.22. The summed E-state index contributed by atoms with van der Waals surface area (Å²) in [5.41, 5.74) is 1.86. The summed E-state index contributed by atoms with van der Waals surface area (Å²) in [4.78, 5) is 2.50. The van der Waals surface area contributed by atoms with Crippen molar-refractivity contribution in [3.8, 4) is 0 Å². The molecule has 1 fully saturated rings. The van der Waals surface area contributed by atoms with Crippen molar-refractivity contribution in [2.45, 2.75) is 45.6 Å². The molecule has 1 N–H and O–H groups in total. The van der Waals surface area contributed by atoms with Gasteiger partial charge in [-0.3, -0.25) is 0 Å². The summed E-state index contributed by atoms with van der Waals surface area (Å²) in [6.07, 6.45) is 6.96. The highest BCUT2D eigenvalue weighted by Crippen LogP contribution is 2.36. The lowest BCUT2D eigenvalue weighted by atomic mass is 9.73. The Kier molecular flexibility index (Phi) is 6.72. The van der Waals surface area contributed by atoms with E-state index in [4.69, 9.17) is 0 Å². The standard InChI is InChI=1S/C18H29BrN2/c1-3-20-14-18(11-7-4-8-12-18)15-21(2)13-16-9-5-6-10-17(16)19/h5-6,9-10,20H,3-4,7-8,11-15H2,1-2H3. The number of rotatable bonds is 7. The number of halogens is 1. The van der Waals surface area contributed by atoms with Crippen LogP contribution in [0.2, 0.25) is 0 Å². The smallest absolute Gasteiger partial charge is 0.0242 e. The van der Waals surface area contributed by atoms with E-state index in [9.17, 15) is 0 Å². The van der Waals surface area contributed by atoms with Gasteiger partial charge in [-0.1, -0.05) is 60.3 Å². The fourth-order valence-electron chi connectivity index (χ4n) is 3.63. The van der Waals surface area contributed by atoms with Crippen molar-refractivity contribution in [2.75, 3.05) is 26.7 Å². The number of nitrogens with zero attached hydrogens (tertiary/aromatic N) is 1. The third-order valence-corrected chi connectivity index (χ3v) is 5.44. The number of benzene rings is 1. The van der Waals surface area contributed by atoms with Crippen LogP contribution in [0.1, 0.15) is 44.6 Å². The van der Waals surface area contributed by atoms with Crippen LogP contribution in [0.25, 0.3) is 0 Å². The van der Waals surface area contributed by atoms with Crippen LogP contribution >= 0.6 is 15.9 Å². The summed E-state index contributed by atoms with van der Waals surface area (Å²) >= 11 is 3.67. The summed E-state index contributed by atoms with van der Waals surface area (Å²) in [6, 6.07) is 8.57. The molecule has 0 heterocycles. The first-order valence-corrected chi connectivity index (χ1v) is 9.07. The van der Waals surface area contributed by atoms with Gasteiger partial charge >= 0.3 is 0 Å². The molecule has 0 aromatic heterocycles. The minimum Gasteiger partial charge on any atom is -0.316 e. The molecule has 2 nitrogen and oxygen atoms in total. The number of hydrogen-bond acceptors (Lipinski definition) is 2. The molecule has 0 aliphatic heterocycles. The molecule has 21 heavy (non-hydrogen) atoms. The molecular formula is C18H29BrN2. The van der Waals surface area contributed by atoms with Crippen molar-refractivity contribution in [2.24, 2.45) is 5.41 Å². The highest BCUT2D eigenvalue weighted by Gasteiger charge is 2.32. The van der Waals surface area contributed by atoms with Crippen molar-refractivity contribution in [3.05, 3.63) is 34.3 Å². The first kappa shape index (κ1) is 17.0. The lowest BCUT2D eigenvalue weighted by Crippen LogP contribution is -2.44. The summed E-state index contributed by atoms with van der Waals surface area (Å²) in [5, 5.41) is 3.60. The second-order valence-corrected chi connectivity index (χ2v) is 7.46. The van der Waals surface area contributed by atoms with E-state index in [1.807, 2.05) is 0 Å². The monoisotopic (exact) mass is 352 g/mol. The Morgan fingerprint density at radius 3 is 2.57 bits per heavy atom. The van der Waals surface area contributed by atoms with Gasteiger partial charge in [-0.2, -0.15) is 0 Å². The van der Waals surface area contributed by atoms with Crippen LogP contribution in [0.3, 0.4) is 0 Å². The van der Waals surface area contributed by atoms with E-state index in [1.165, 1.54) is 55.2 Å². The largest absolute Gasteiger partial charge is 0.316 e. The van der Waals surface area contributed by atoms with Gasteiger partial charge in [0.15, 0.2) is 0 Å². The van der Waals surface area contributed by atoms with Crippen LogP contribution in [-0.2, 0) is 6.54 Å². The molecule has 0 spiro atoms. The first-order chi connectivity index (χ1) is 10.2. The quantitative estimate of drug-likeness (QED) is 0.780. The fraction of sp³-hybridized carbons (Fsp3) is 0.667. The lowest BCUT2D eigenvalue weighted by Gasteiger charge is -2.40. The predicted molar refractivity (Wildman–Crippen MR) is 94.5 cm³/mol. The fourth-order valence-corrected chi connectivity index (χ4v) is 4.04. The third kappa shape index (κ3) is 5.08. The van der Waals surface area contributed by atoms with E-state index in [-0.39, 0.29) is 0 Å². The maximum absolute atomic E-state index is 3.67. The summed E-state index contributed by atoms with van der Waals surface area (Å²) in [6.45, 7) is 6.68. The van der Waals surface area contributed by atoms with Crippen LogP contribution in [0.4, 0.5) is 0 Å². The summed E-state index contributed by atoms with van der Waals surface area (Å²) in [7, 11) is 2.27. The van der Waals surface area contributed by atoms with Gasteiger partial charge < -0.3 is 10.2 Å². The number of nitrogens with one attached hydrogen (secondary N) is 1. The molecule has 1 aromatic carbocycles. The Hall–Kier alpha value is -0.380. The Labute approximate surface area is 138 Å². The van der Waals surface area contributed by atoms with E-state index >= 15 is 0 Å². The minimum atomic E-state index is 0.476. The third-order valence-electron chi connectivity index (χ3n) is 4.67. The van der Waals surface area contributed by atoms with Crippen LogP contribution < -0.4 is 5.32 Å². The molecule has 118 valence electrons. The molecule has 0 bridgehead atoms. The Bertz CT molecular complexity index is 427. The van der Waals surface area contributed by atoms with E-state index in [2.05, 4.69) is 64.4 Å². The molecule has 1 saturated carbocycles. The average molecular weight is 353 g/mol. The topological polar surface area (TPSA) is 15.3 Å². The molecule has 0 amide bonds. The van der Waals surface area contributed by atoms with Gasteiger partial charge in [-0.15, -0.1) is 0 Å². The molecule has 0 saturated heterocycles.